The molecule has 1 aliphatic heterocycles. The average Bonchev–Trinajstić information content (AvgIpc) is 2.78. The summed E-state index contributed by atoms with van der Waals surface area (Å²) in [5.74, 6) is 1.03. The fourth-order valence-electron chi connectivity index (χ4n) is 2.78. The number of hydrogen-bond donors (Lipinski definition) is 1. The molecule has 0 saturated carbocycles. The van der Waals surface area contributed by atoms with Crippen LogP contribution in [-0.2, 0) is 13.0 Å². The van der Waals surface area contributed by atoms with Crippen LogP contribution in [0.3, 0.4) is 0 Å². The van der Waals surface area contributed by atoms with Gasteiger partial charge in [-0.15, -0.1) is 0 Å². The molecule has 2 heterocycles. The lowest BCUT2D eigenvalue weighted by Gasteiger charge is -2.16. The van der Waals surface area contributed by atoms with Crippen LogP contribution < -0.4 is 10.1 Å². The van der Waals surface area contributed by atoms with Gasteiger partial charge in [0.25, 0.3) is 0 Å². The van der Waals surface area contributed by atoms with Gasteiger partial charge in [0.15, 0.2) is 0 Å². The predicted octanol–water partition coefficient (Wildman–Crippen LogP) is 3.65. The highest BCUT2D eigenvalue weighted by Gasteiger charge is 2.29. The van der Waals surface area contributed by atoms with E-state index in [1.54, 1.807) is 0 Å². The van der Waals surface area contributed by atoms with E-state index in [0.717, 1.165) is 24.4 Å². The molecule has 1 N–H and O–H groups in total. The third-order valence-electron chi connectivity index (χ3n) is 3.87. The van der Waals surface area contributed by atoms with Gasteiger partial charge in [-0.25, -0.2) is 0 Å². The summed E-state index contributed by atoms with van der Waals surface area (Å²) in [6.07, 6.45) is 2.81. The number of fused-ring (bicyclic) bond motifs is 1. The molecule has 3 heteroatoms. The van der Waals surface area contributed by atoms with Crippen molar-refractivity contribution in [3.8, 4) is 5.75 Å². The molecule has 3 nitrogen and oxygen atoms in total. The van der Waals surface area contributed by atoms with Gasteiger partial charge in [0, 0.05) is 25.2 Å². The maximum absolute atomic E-state index is 5.91. The van der Waals surface area contributed by atoms with E-state index in [-0.39, 0.29) is 11.6 Å². The first-order chi connectivity index (χ1) is 10.0. The largest absolute Gasteiger partial charge is 0.487 e. The van der Waals surface area contributed by atoms with Crippen molar-refractivity contribution in [2.24, 2.45) is 0 Å². The van der Waals surface area contributed by atoms with Gasteiger partial charge in [-0.05, 0) is 50.1 Å². The molecular formula is C18H22N2O. The summed E-state index contributed by atoms with van der Waals surface area (Å²) in [5.41, 5.74) is 3.60. The Labute approximate surface area is 126 Å². The topological polar surface area (TPSA) is 34.1 Å². The molecule has 2 aromatic rings. The minimum Gasteiger partial charge on any atom is -0.487 e. The molecule has 1 atom stereocenters. The summed E-state index contributed by atoms with van der Waals surface area (Å²) in [7, 11) is 0. The molecule has 0 amide bonds. The number of ether oxygens (including phenoxy) is 1. The number of nitrogens with zero attached hydrogens (tertiary/aromatic N) is 1. The van der Waals surface area contributed by atoms with Gasteiger partial charge < -0.3 is 10.1 Å². The summed E-state index contributed by atoms with van der Waals surface area (Å²) in [6.45, 7) is 7.25. The van der Waals surface area contributed by atoms with Crippen molar-refractivity contribution in [1.82, 2.24) is 10.3 Å². The maximum atomic E-state index is 5.91. The van der Waals surface area contributed by atoms with Crippen LogP contribution in [0.25, 0.3) is 0 Å². The van der Waals surface area contributed by atoms with Crippen LogP contribution in [0.1, 0.15) is 43.6 Å². The normalized spacial score (nSPS) is 17.1. The Bertz CT molecular complexity index is 622. The second-order valence-corrected chi connectivity index (χ2v) is 6.34. The smallest absolute Gasteiger partial charge is 0.123 e. The predicted molar refractivity (Wildman–Crippen MR) is 84.3 cm³/mol. The number of benzene rings is 1. The number of rotatable bonds is 4. The first kappa shape index (κ1) is 14.1. The lowest BCUT2D eigenvalue weighted by molar-refractivity contribution is 0.138. The summed E-state index contributed by atoms with van der Waals surface area (Å²) < 4.78 is 5.91. The van der Waals surface area contributed by atoms with Crippen LogP contribution in [0.15, 0.2) is 42.6 Å². The number of nitrogens with one attached hydrogen (secondary N) is 1. The number of pyridine rings is 1. The summed E-state index contributed by atoms with van der Waals surface area (Å²) in [5, 5.41) is 3.52. The second-order valence-electron chi connectivity index (χ2n) is 6.34. The molecule has 21 heavy (non-hydrogen) atoms. The highest BCUT2D eigenvalue weighted by Crippen LogP contribution is 2.35. The van der Waals surface area contributed by atoms with Gasteiger partial charge in [-0.3, -0.25) is 4.98 Å². The molecule has 0 radical (unpaired) electrons. The molecule has 110 valence electrons. The third-order valence-corrected chi connectivity index (χ3v) is 3.87. The fraction of sp³-hybridized carbons (Fsp3) is 0.389. The molecule has 0 bridgehead atoms. The van der Waals surface area contributed by atoms with Crippen LogP contribution >= 0.6 is 0 Å². The molecule has 1 aromatic carbocycles. The Balaban J connectivity index is 1.65. The van der Waals surface area contributed by atoms with Gasteiger partial charge in [0.2, 0.25) is 0 Å². The molecule has 3 rings (SSSR count). The maximum Gasteiger partial charge on any atom is 0.123 e. The molecule has 0 fully saturated rings. The van der Waals surface area contributed by atoms with Gasteiger partial charge in [-0.2, -0.15) is 0 Å². The van der Waals surface area contributed by atoms with Crippen molar-refractivity contribution in [3.63, 3.8) is 0 Å². The van der Waals surface area contributed by atoms with Crippen LogP contribution in [0.2, 0.25) is 0 Å². The van der Waals surface area contributed by atoms with E-state index in [1.807, 2.05) is 18.3 Å². The molecule has 0 spiro atoms. The Kier molecular flexibility index (Phi) is 3.68. The first-order valence-electron chi connectivity index (χ1n) is 7.49. The van der Waals surface area contributed by atoms with Crippen LogP contribution in [-0.4, -0.2) is 10.6 Å². The van der Waals surface area contributed by atoms with Crippen molar-refractivity contribution >= 4 is 0 Å². The Morgan fingerprint density at radius 3 is 2.90 bits per heavy atom. The lowest BCUT2D eigenvalue weighted by Crippen LogP contribution is -2.24. The van der Waals surface area contributed by atoms with E-state index in [4.69, 9.17) is 4.74 Å². The van der Waals surface area contributed by atoms with Crippen molar-refractivity contribution in [1.29, 1.82) is 0 Å². The standard InChI is InChI=1S/C18H22N2O/c1-13(16-6-4-5-9-19-16)20-12-14-7-8-17-15(10-14)11-18(2,3)21-17/h4-10,13,20H,11-12H2,1-3H3. The van der Waals surface area contributed by atoms with Gasteiger partial charge in [0.05, 0.1) is 5.69 Å². The molecule has 0 aliphatic carbocycles. The monoisotopic (exact) mass is 282 g/mol. The van der Waals surface area contributed by atoms with E-state index in [2.05, 4.69) is 55.3 Å². The van der Waals surface area contributed by atoms with Crippen molar-refractivity contribution in [3.05, 3.63) is 59.4 Å². The molecule has 1 aliphatic rings. The minimum absolute atomic E-state index is 0.0738. The van der Waals surface area contributed by atoms with Crippen LogP contribution in [0.4, 0.5) is 0 Å². The Morgan fingerprint density at radius 2 is 2.14 bits per heavy atom. The van der Waals surface area contributed by atoms with E-state index in [9.17, 15) is 0 Å². The van der Waals surface area contributed by atoms with E-state index in [0.29, 0.717) is 0 Å². The van der Waals surface area contributed by atoms with Crippen molar-refractivity contribution in [2.45, 2.75) is 45.4 Å². The lowest BCUT2D eigenvalue weighted by atomic mass is 10.00. The molecule has 1 unspecified atom stereocenters. The summed E-state index contributed by atoms with van der Waals surface area (Å²) in [6, 6.07) is 12.7. The fourth-order valence-corrected chi connectivity index (χ4v) is 2.78. The Morgan fingerprint density at radius 1 is 1.29 bits per heavy atom. The van der Waals surface area contributed by atoms with Gasteiger partial charge in [0.1, 0.15) is 11.4 Å². The zero-order chi connectivity index (χ0) is 14.9. The second kappa shape index (κ2) is 5.49. The molecule has 1 aromatic heterocycles. The van der Waals surface area contributed by atoms with Crippen LogP contribution in [0, 0.1) is 0 Å². The van der Waals surface area contributed by atoms with E-state index in [1.165, 1.54) is 11.1 Å². The molecular weight excluding hydrogens is 260 g/mol. The van der Waals surface area contributed by atoms with Crippen molar-refractivity contribution in [2.75, 3.05) is 0 Å². The zero-order valence-electron chi connectivity index (χ0n) is 12.9. The minimum atomic E-state index is -0.0738. The van der Waals surface area contributed by atoms with Crippen LogP contribution in [0.5, 0.6) is 5.75 Å². The SMILES string of the molecule is CC(NCc1ccc2c(c1)CC(C)(C)O2)c1ccccn1. The third kappa shape index (κ3) is 3.24. The summed E-state index contributed by atoms with van der Waals surface area (Å²) in [4.78, 5) is 4.39. The average molecular weight is 282 g/mol. The van der Waals surface area contributed by atoms with Gasteiger partial charge in [-0.1, -0.05) is 18.2 Å². The first-order valence-corrected chi connectivity index (χ1v) is 7.49. The zero-order valence-corrected chi connectivity index (χ0v) is 12.9. The highest BCUT2D eigenvalue weighted by atomic mass is 16.5. The number of hydrogen-bond acceptors (Lipinski definition) is 3. The quantitative estimate of drug-likeness (QED) is 0.929. The number of aromatic nitrogens is 1. The van der Waals surface area contributed by atoms with Gasteiger partial charge >= 0.3 is 0 Å². The van der Waals surface area contributed by atoms with E-state index >= 15 is 0 Å². The highest BCUT2D eigenvalue weighted by molar-refractivity contribution is 5.41. The summed E-state index contributed by atoms with van der Waals surface area (Å²) >= 11 is 0. The Hall–Kier alpha value is -1.87. The van der Waals surface area contributed by atoms with Crippen molar-refractivity contribution < 1.29 is 4.74 Å². The van der Waals surface area contributed by atoms with E-state index < -0.39 is 0 Å². The molecule has 0 saturated heterocycles.